The quantitative estimate of drug-likeness (QED) is 0.825. The maximum absolute atomic E-state index is 8.58. The number of hydrogen-bond donors (Lipinski definition) is 1. The van der Waals surface area contributed by atoms with Crippen molar-refractivity contribution in [1.82, 2.24) is 0 Å². The molecule has 0 aromatic heterocycles. The number of benzene rings is 1. The third-order valence-corrected chi connectivity index (χ3v) is 3.21. The molecule has 0 radical (unpaired) electrons. The average molecular weight is 247 g/mol. The molecule has 0 aliphatic carbocycles. The maximum atomic E-state index is 8.58. The lowest BCUT2D eigenvalue weighted by Crippen LogP contribution is -1.88. The molecular formula is C9H11BrOS. The van der Waals surface area contributed by atoms with Crippen molar-refractivity contribution in [2.45, 2.75) is 5.75 Å². The van der Waals surface area contributed by atoms with Crippen molar-refractivity contribution in [3.8, 4) is 0 Å². The monoisotopic (exact) mass is 246 g/mol. The van der Waals surface area contributed by atoms with E-state index in [0.29, 0.717) is 0 Å². The summed E-state index contributed by atoms with van der Waals surface area (Å²) in [4.78, 5) is 0. The minimum atomic E-state index is 0.259. The van der Waals surface area contributed by atoms with Gasteiger partial charge in [0.2, 0.25) is 0 Å². The summed E-state index contributed by atoms with van der Waals surface area (Å²) in [5, 5.41) is 8.58. The Balaban J connectivity index is 2.46. The van der Waals surface area contributed by atoms with Crippen LogP contribution in [-0.2, 0) is 5.75 Å². The summed E-state index contributed by atoms with van der Waals surface area (Å²) >= 11 is 5.21. The smallest absolute Gasteiger partial charge is 0.0521 e. The number of thioether (sulfide) groups is 1. The largest absolute Gasteiger partial charge is 0.396 e. The van der Waals surface area contributed by atoms with Crippen molar-refractivity contribution < 1.29 is 5.11 Å². The van der Waals surface area contributed by atoms with Gasteiger partial charge in [0, 0.05) is 16.0 Å². The van der Waals surface area contributed by atoms with Crippen molar-refractivity contribution in [3.05, 3.63) is 34.3 Å². The van der Waals surface area contributed by atoms with Gasteiger partial charge in [-0.2, -0.15) is 11.8 Å². The molecule has 3 heteroatoms. The van der Waals surface area contributed by atoms with Crippen LogP contribution in [-0.4, -0.2) is 17.5 Å². The van der Waals surface area contributed by atoms with Crippen molar-refractivity contribution in [2.75, 3.05) is 12.4 Å². The zero-order chi connectivity index (χ0) is 8.81. The van der Waals surface area contributed by atoms with Gasteiger partial charge in [-0.25, -0.2) is 0 Å². The van der Waals surface area contributed by atoms with Crippen LogP contribution in [0.3, 0.4) is 0 Å². The molecule has 0 atom stereocenters. The third kappa shape index (κ3) is 3.17. The van der Waals surface area contributed by atoms with Gasteiger partial charge in [0.1, 0.15) is 0 Å². The molecule has 1 N–H and O–H groups in total. The predicted octanol–water partition coefficient (Wildman–Crippen LogP) is 2.67. The van der Waals surface area contributed by atoms with Crippen molar-refractivity contribution in [1.29, 1.82) is 0 Å². The van der Waals surface area contributed by atoms with Crippen LogP contribution in [0.4, 0.5) is 0 Å². The van der Waals surface area contributed by atoms with E-state index < -0.39 is 0 Å². The molecule has 0 bridgehead atoms. The summed E-state index contributed by atoms with van der Waals surface area (Å²) in [7, 11) is 0. The van der Waals surface area contributed by atoms with E-state index >= 15 is 0 Å². The summed E-state index contributed by atoms with van der Waals surface area (Å²) < 4.78 is 1.15. The first-order valence-electron chi connectivity index (χ1n) is 3.76. The van der Waals surface area contributed by atoms with Gasteiger partial charge in [-0.3, -0.25) is 0 Å². The molecular weight excluding hydrogens is 236 g/mol. The van der Waals surface area contributed by atoms with E-state index in [1.807, 2.05) is 18.2 Å². The Bertz CT molecular complexity index is 240. The molecule has 1 nitrogen and oxygen atoms in total. The SMILES string of the molecule is OCCSCc1ccccc1Br. The highest BCUT2D eigenvalue weighted by Crippen LogP contribution is 2.20. The zero-order valence-corrected chi connectivity index (χ0v) is 9.07. The van der Waals surface area contributed by atoms with E-state index in [1.54, 1.807) is 11.8 Å². The topological polar surface area (TPSA) is 20.2 Å². The molecule has 1 aromatic carbocycles. The molecule has 1 aromatic rings. The number of halogens is 1. The molecule has 0 unspecified atom stereocenters. The standard InChI is InChI=1S/C9H11BrOS/c10-9-4-2-1-3-8(9)7-12-6-5-11/h1-4,11H,5-7H2. The van der Waals surface area contributed by atoms with E-state index in [1.165, 1.54) is 5.56 Å². The molecule has 0 heterocycles. The fraction of sp³-hybridized carbons (Fsp3) is 0.333. The molecule has 66 valence electrons. The molecule has 0 fully saturated rings. The normalized spacial score (nSPS) is 10.2. The number of aliphatic hydroxyl groups excluding tert-OH is 1. The van der Waals surface area contributed by atoms with Crippen LogP contribution in [0.25, 0.3) is 0 Å². The third-order valence-electron chi connectivity index (χ3n) is 1.45. The lowest BCUT2D eigenvalue weighted by Gasteiger charge is -2.02. The Morgan fingerprint density at radius 1 is 1.33 bits per heavy atom. The molecule has 0 saturated heterocycles. The van der Waals surface area contributed by atoms with Gasteiger partial charge < -0.3 is 5.11 Å². The van der Waals surface area contributed by atoms with Crippen LogP contribution in [0.15, 0.2) is 28.7 Å². The second-order valence-corrected chi connectivity index (χ2v) is 4.33. The number of rotatable bonds is 4. The number of hydrogen-bond acceptors (Lipinski definition) is 2. The highest BCUT2D eigenvalue weighted by molar-refractivity contribution is 9.10. The van der Waals surface area contributed by atoms with Gasteiger partial charge in [-0.1, -0.05) is 34.1 Å². The van der Waals surface area contributed by atoms with E-state index in [0.717, 1.165) is 16.0 Å². The summed E-state index contributed by atoms with van der Waals surface area (Å²) in [5.41, 5.74) is 1.29. The van der Waals surface area contributed by atoms with Gasteiger partial charge in [-0.15, -0.1) is 0 Å². The maximum Gasteiger partial charge on any atom is 0.0521 e. The van der Waals surface area contributed by atoms with Crippen LogP contribution >= 0.6 is 27.7 Å². The van der Waals surface area contributed by atoms with E-state index in [2.05, 4.69) is 22.0 Å². The highest BCUT2D eigenvalue weighted by Gasteiger charge is 1.96. The van der Waals surface area contributed by atoms with Gasteiger partial charge in [0.15, 0.2) is 0 Å². The Hall–Kier alpha value is 0.01000. The summed E-state index contributed by atoms with van der Waals surface area (Å²) in [6.45, 7) is 0.259. The fourth-order valence-corrected chi connectivity index (χ4v) is 2.22. The second kappa shape index (κ2) is 5.62. The first kappa shape index (κ1) is 10.1. The van der Waals surface area contributed by atoms with Crippen LogP contribution in [0.2, 0.25) is 0 Å². The lowest BCUT2D eigenvalue weighted by atomic mass is 10.2. The first-order chi connectivity index (χ1) is 5.84. The first-order valence-corrected chi connectivity index (χ1v) is 5.71. The fourth-order valence-electron chi connectivity index (χ4n) is 0.862. The Morgan fingerprint density at radius 2 is 2.08 bits per heavy atom. The van der Waals surface area contributed by atoms with Crippen LogP contribution in [0.1, 0.15) is 5.56 Å². The number of aliphatic hydroxyl groups is 1. The van der Waals surface area contributed by atoms with Crippen molar-refractivity contribution in [2.24, 2.45) is 0 Å². The van der Waals surface area contributed by atoms with Crippen LogP contribution in [0, 0.1) is 0 Å². The van der Waals surface area contributed by atoms with Gasteiger partial charge in [-0.05, 0) is 11.6 Å². The molecule has 12 heavy (non-hydrogen) atoms. The summed E-state index contributed by atoms with van der Waals surface area (Å²) in [6, 6.07) is 8.16. The Labute approximate surface area is 85.3 Å². The Morgan fingerprint density at radius 3 is 2.75 bits per heavy atom. The summed E-state index contributed by atoms with van der Waals surface area (Å²) in [5.74, 6) is 1.77. The van der Waals surface area contributed by atoms with Crippen molar-refractivity contribution in [3.63, 3.8) is 0 Å². The highest BCUT2D eigenvalue weighted by atomic mass is 79.9. The molecule has 0 spiro atoms. The van der Waals surface area contributed by atoms with Gasteiger partial charge in [0.25, 0.3) is 0 Å². The van der Waals surface area contributed by atoms with E-state index in [4.69, 9.17) is 5.11 Å². The minimum absolute atomic E-state index is 0.259. The van der Waals surface area contributed by atoms with E-state index in [9.17, 15) is 0 Å². The lowest BCUT2D eigenvalue weighted by molar-refractivity contribution is 0.322. The molecule has 0 aliphatic heterocycles. The van der Waals surface area contributed by atoms with Crippen molar-refractivity contribution >= 4 is 27.7 Å². The molecule has 1 rings (SSSR count). The van der Waals surface area contributed by atoms with E-state index in [-0.39, 0.29) is 6.61 Å². The van der Waals surface area contributed by atoms with Crippen LogP contribution in [0.5, 0.6) is 0 Å². The molecule has 0 aliphatic rings. The molecule has 0 saturated carbocycles. The average Bonchev–Trinajstić information content (AvgIpc) is 2.09. The second-order valence-electron chi connectivity index (χ2n) is 2.37. The predicted molar refractivity (Wildman–Crippen MR) is 57.4 cm³/mol. The Kier molecular flexibility index (Phi) is 4.73. The minimum Gasteiger partial charge on any atom is -0.396 e. The van der Waals surface area contributed by atoms with Gasteiger partial charge in [0.05, 0.1) is 6.61 Å². The summed E-state index contributed by atoms with van der Waals surface area (Å²) in [6.07, 6.45) is 0. The molecule has 0 amide bonds. The zero-order valence-electron chi connectivity index (χ0n) is 6.66. The van der Waals surface area contributed by atoms with Crippen LogP contribution < -0.4 is 0 Å². The van der Waals surface area contributed by atoms with Gasteiger partial charge >= 0.3 is 0 Å².